The minimum atomic E-state index is -1.51. The molecule has 1 spiro atoms. The Kier molecular flexibility index (Phi) is 3.76. The standard InChI is InChI=1S/C22H26N4O5/c1-20(2)9-14-10-21(3,11-20)16-22(17(27)23-19(29)24(4)18(22)28)8-12-7-13(26(30)31)5-6-15(12)25(14)16/h5-7,14,16H,8-11H2,1-4H3,(H,23,27,29). The highest BCUT2D eigenvalue weighted by atomic mass is 16.6. The van der Waals surface area contributed by atoms with Crippen LogP contribution >= 0.6 is 0 Å². The Balaban J connectivity index is 1.78. The van der Waals surface area contributed by atoms with Crippen LogP contribution < -0.4 is 10.2 Å². The van der Waals surface area contributed by atoms with Crippen molar-refractivity contribution in [2.24, 2.45) is 16.2 Å². The van der Waals surface area contributed by atoms with Crippen molar-refractivity contribution in [1.29, 1.82) is 0 Å². The van der Waals surface area contributed by atoms with E-state index in [-0.39, 0.29) is 29.0 Å². The number of benzene rings is 1. The Morgan fingerprint density at radius 2 is 1.87 bits per heavy atom. The zero-order valence-electron chi connectivity index (χ0n) is 18.1. The Labute approximate surface area is 179 Å². The maximum absolute atomic E-state index is 13.7. The van der Waals surface area contributed by atoms with Crippen LogP contribution in [0.2, 0.25) is 0 Å². The van der Waals surface area contributed by atoms with Crippen molar-refractivity contribution in [2.45, 2.75) is 58.5 Å². The molecule has 9 nitrogen and oxygen atoms in total. The number of amides is 4. The normalized spacial score (nSPS) is 35.7. The first-order valence-electron chi connectivity index (χ1n) is 10.6. The summed E-state index contributed by atoms with van der Waals surface area (Å²) in [5, 5.41) is 13.8. The number of urea groups is 1. The molecule has 1 aromatic rings. The van der Waals surface area contributed by atoms with E-state index in [0.29, 0.717) is 5.56 Å². The molecule has 3 fully saturated rings. The molecule has 3 heterocycles. The number of nitrogens with zero attached hydrogens (tertiary/aromatic N) is 3. The van der Waals surface area contributed by atoms with Crippen LogP contribution in [0, 0.1) is 26.4 Å². The number of nitrogens with one attached hydrogen (secondary N) is 1. The maximum Gasteiger partial charge on any atom is 0.330 e. The van der Waals surface area contributed by atoms with E-state index >= 15 is 0 Å². The third-order valence-electron chi connectivity index (χ3n) is 7.81. The number of anilines is 1. The number of hydrogen-bond donors (Lipinski definition) is 1. The summed E-state index contributed by atoms with van der Waals surface area (Å²) in [7, 11) is 1.38. The number of carbonyl (C=O) groups excluding carboxylic acids is 3. The van der Waals surface area contributed by atoms with Gasteiger partial charge in [-0.2, -0.15) is 0 Å². The van der Waals surface area contributed by atoms with Crippen LogP contribution in [0.25, 0.3) is 0 Å². The SMILES string of the molecule is CN1C(=O)NC(=O)C2(Cc3cc([N+](=O)[O-])ccc3N3C4CC(C)(C)CC(C)(C4)C32)C1=O. The Hall–Kier alpha value is -2.97. The van der Waals surface area contributed by atoms with Gasteiger partial charge in [0.25, 0.3) is 5.69 Å². The fraction of sp³-hybridized carbons (Fsp3) is 0.591. The summed E-state index contributed by atoms with van der Waals surface area (Å²) in [6.45, 7) is 6.55. The number of carbonyl (C=O) groups is 3. The van der Waals surface area contributed by atoms with Gasteiger partial charge in [0.1, 0.15) is 0 Å². The quantitative estimate of drug-likeness (QED) is 0.420. The number of fused-ring (bicyclic) bond motifs is 8. The van der Waals surface area contributed by atoms with Crippen LogP contribution in [0.4, 0.5) is 16.2 Å². The molecule has 1 N–H and O–H groups in total. The Morgan fingerprint density at radius 3 is 2.55 bits per heavy atom. The summed E-state index contributed by atoms with van der Waals surface area (Å²) in [4.78, 5) is 53.4. The van der Waals surface area contributed by atoms with Gasteiger partial charge in [-0.05, 0) is 41.7 Å². The first-order valence-corrected chi connectivity index (χ1v) is 10.6. The zero-order valence-corrected chi connectivity index (χ0v) is 18.1. The van der Waals surface area contributed by atoms with Crippen molar-refractivity contribution < 1.29 is 19.3 Å². The number of nitro benzene ring substituents is 1. The first-order chi connectivity index (χ1) is 14.4. The molecule has 1 aromatic carbocycles. The molecule has 2 bridgehead atoms. The number of rotatable bonds is 1. The Morgan fingerprint density at radius 1 is 1.16 bits per heavy atom. The monoisotopic (exact) mass is 426 g/mol. The van der Waals surface area contributed by atoms with E-state index in [2.05, 4.69) is 31.0 Å². The molecule has 2 saturated heterocycles. The van der Waals surface area contributed by atoms with Gasteiger partial charge < -0.3 is 4.90 Å². The predicted octanol–water partition coefficient (Wildman–Crippen LogP) is 2.62. The van der Waals surface area contributed by atoms with Gasteiger partial charge in [0.05, 0.1) is 11.0 Å². The van der Waals surface area contributed by atoms with Crippen LogP contribution in [0.15, 0.2) is 18.2 Å². The molecule has 0 radical (unpaired) electrons. The second-order valence-corrected chi connectivity index (χ2v) is 10.7. The Bertz CT molecular complexity index is 1070. The molecule has 31 heavy (non-hydrogen) atoms. The van der Waals surface area contributed by atoms with Crippen molar-refractivity contribution in [1.82, 2.24) is 10.2 Å². The molecule has 5 rings (SSSR count). The van der Waals surface area contributed by atoms with Gasteiger partial charge in [-0.3, -0.25) is 29.9 Å². The molecule has 4 atom stereocenters. The highest BCUT2D eigenvalue weighted by Gasteiger charge is 2.71. The van der Waals surface area contributed by atoms with Gasteiger partial charge in [0.2, 0.25) is 11.8 Å². The van der Waals surface area contributed by atoms with Crippen LogP contribution in [0.3, 0.4) is 0 Å². The molecule has 1 aliphatic carbocycles. The van der Waals surface area contributed by atoms with Gasteiger partial charge in [0.15, 0.2) is 5.41 Å². The van der Waals surface area contributed by atoms with E-state index in [1.54, 1.807) is 6.07 Å². The largest absolute Gasteiger partial charge is 0.363 e. The van der Waals surface area contributed by atoms with E-state index < -0.39 is 34.2 Å². The number of barbiturate groups is 1. The van der Waals surface area contributed by atoms with Gasteiger partial charge in [0, 0.05) is 37.3 Å². The second-order valence-electron chi connectivity index (χ2n) is 10.7. The number of nitro groups is 1. The van der Waals surface area contributed by atoms with Crippen molar-refractivity contribution >= 4 is 29.2 Å². The molecule has 0 aromatic heterocycles. The topological polar surface area (TPSA) is 113 Å². The lowest BCUT2D eigenvalue weighted by atomic mass is 9.56. The molecule has 4 amide bonds. The molecule has 1 saturated carbocycles. The molecule has 9 heteroatoms. The fourth-order valence-corrected chi connectivity index (χ4v) is 7.26. The summed E-state index contributed by atoms with van der Waals surface area (Å²) in [5.41, 5.74) is -0.422. The molecular formula is C22H26N4O5. The average Bonchev–Trinajstić information content (AvgIpc) is 2.90. The summed E-state index contributed by atoms with van der Waals surface area (Å²) in [6, 6.07) is 3.67. The summed E-state index contributed by atoms with van der Waals surface area (Å²) in [5.74, 6) is -1.13. The van der Waals surface area contributed by atoms with Crippen LogP contribution in [-0.2, 0) is 16.0 Å². The van der Waals surface area contributed by atoms with Gasteiger partial charge in [-0.15, -0.1) is 0 Å². The van der Waals surface area contributed by atoms with Gasteiger partial charge in [-0.1, -0.05) is 20.8 Å². The lowest BCUT2D eigenvalue weighted by Crippen LogP contribution is -2.72. The minimum Gasteiger partial charge on any atom is -0.363 e. The van der Waals surface area contributed by atoms with E-state index in [9.17, 15) is 24.5 Å². The summed E-state index contributed by atoms with van der Waals surface area (Å²) >= 11 is 0. The van der Waals surface area contributed by atoms with Crippen molar-refractivity contribution in [3.05, 3.63) is 33.9 Å². The zero-order chi connectivity index (χ0) is 22.5. The fourth-order valence-electron chi connectivity index (χ4n) is 7.26. The van der Waals surface area contributed by atoms with Crippen LogP contribution in [-0.4, -0.2) is 46.8 Å². The molecular weight excluding hydrogens is 400 g/mol. The first kappa shape index (κ1) is 20.0. The van der Waals surface area contributed by atoms with E-state index in [4.69, 9.17) is 0 Å². The van der Waals surface area contributed by atoms with Crippen molar-refractivity contribution in [3.8, 4) is 0 Å². The van der Waals surface area contributed by atoms with E-state index in [1.165, 1.54) is 19.2 Å². The molecule has 4 unspecified atom stereocenters. The van der Waals surface area contributed by atoms with E-state index in [1.807, 2.05) is 0 Å². The number of non-ortho nitro benzene ring substituents is 1. The number of imide groups is 2. The summed E-state index contributed by atoms with van der Waals surface area (Å²) in [6.07, 6.45) is 2.61. The molecule has 4 aliphatic rings. The lowest BCUT2D eigenvalue weighted by Gasteiger charge is -2.53. The predicted molar refractivity (Wildman–Crippen MR) is 111 cm³/mol. The summed E-state index contributed by atoms with van der Waals surface area (Å²) < 4.78 is 0. The highest BCUT2D eigenvalue weighted by Crippen LogP contribution is 2.64. The maximum atomic E-state index is 13.7. The van der Waals surface area contributed by atoms with Crippen molar-refractivity contribution in [3.63, 3.8) is 0 Å². The van der Waals surface area contributed by atoms with Crippen LogP contribution in [0.1, 0.15) is 45.6 Å². The lowest BCUT2D eigenvalue weighted by molar-refractivity contribution is -0.384. The molecule has 3 aliphatic heterocycles. The third-order valence-corrected chi connectivity index (χ3v) is 7.81. The third kappa shape index (κ3) is 2.46. The van der Waals surface area contributed by atoms with E-state index in [0.717, 1.165) is 29.8 Å². The smallest absolute Gasteiger partial charge is 0.330 e. The van der Waals surface area contributed by atoms with Crippen LogP contribution in [0.5, 0.6) is 0 Å². The number of hydrogen-bond acceptors (Lipinski definition) is 6. The second kappa shape index (κ2) is 5.83. The van der Waals surface area contributed by atoms with Crippen molar-refractivity contribution in [2.75, 3.05) is 11.9 Å². The molecule has 164 valence electrons. The van der Waals surface area contributed by atoms with Gasteiger partial charge in [-0.25, -0.2) is 4.79 Å². The minimum absolute atomic E-state index is 0.0209. The highest BCUT2D eigenvalue weighted by molar-refractivity contribution is 6.20. The average molecular weight is 426 g/mol. The van der Waals surface area contributed by atoms with Gasteiger partial charge >= 0.3 is 6.03 Å².